The molecule has 0 spiro atoms. The lowest BCUT2D eigenvalue weighted by Crippen LogP contribution is -1.92. The molecule has 0 atom stereocenters. The third-order valence-electron chi connectivity index (χ3n) is 3.00. The van der Waals surface area contributed by atoms with Crippen molar-refractivity contribution in [2.24, 2.45) is 0 Å². The van der Waals surface area contributed by atoms with Gasteiger partial charge in [-0.05, 0) is 34.4 Å². The van der Waals surface area contributed by atoms with Crippen molar-refractivity contribution in [3.63, 3.8) is 0 Å². The maximum atomic E-state index is 11.1. The zero-order valence-electron chi connectivity index (χ0n) is 10.2. The SMILES string of the molecule is O=P(O)(O)Oc1c(Cl)ccc2cc3ccccc3cc12. The highest BCUT2D eigenvalue weighted by Gasteiger charge is 2.20. The van der Waals surface area contributed by atoms with E-state index in [-0.39, 0.29) is 10.8 Å². The summed E-state index contributed by atoms with van der Waals surface area (Å²) in [7, 11) is -4.66. The Morgan fingerprint density at radius 1 is 0.950 bits per heavy atom. The minimum atomic E-state index is -4.66. The van der Waals surface area contributed by atoms with Crippen LogP contribution in [0.3, 0.4) is 0 Å². The molecule has 2 N–H and O–H groups in total. The van der Waals surface area contributed by atoms with Crippen molar-refractivity contribution in [1.29, 1.82) is 0 Å². The van der Waals surface area contributed by atoms with Gasteiger partial charge in [0.1, 0.15) is 0 Å². The van der Waals surface area contributed by atoms with Crippen LogP contribution < -0.4 is 4.52 Å². The Morgan fingerprint density at radius 2 is 1.60 bits per heavy atom. The van der Waals surface area contributed by atoms with Gasteiger partial charge in [0, 0.05) is 5.39 Å². The molecule has 0 saturated carbocycles. The summed E-state index contributed by atoms with van der Waals surface area (Å²) in [6.07, 6.45) is 0. The molecule has 3 rings (SSSR count). The fourth-order valence-corrected chi connectivity index (χ4v) is 2.86. The molecule has 0 bridgehead atoms. The van der Waals surface area contributed by atoms with Crippen molar-refractivity contribution in [2.75, 3.05) is 0 Å². The average molecular weight is 309 g/mol. The van der Waals surface area contributed by atoms with Gasteiger partial charge < -0.3 is 4.52 Å². The predicted molar refractivity (Wildman–Crippen MR) is 79.1 cm³/mol. The van der Waals surface area contributed by atoms with Crippen molar-refractivity contribution < 1.29 is 18.9 Å². The van der Waals surface area contributed by atoms with Crippen LogP contribution >= 0.6 is 19.4 Å². The number of hydrogen-bond donors (Lipinski definition) is 2. The van der Waals surface area contributed by atoms with Crippen LogP contribution in [0.15, 0.2) is 48.5 Å². The maximum absolute atomic E-state index is 11.1. The molecule has 102 valence electrons. The molecule has 0 aromatic heterocycles. The summed E-state index contributed by atoms with van der Waals surface area (Å²) in [5.41, 5.74) is 0. The van der Waals surface area contributed by atoms with Crippen molar-refractivity contribution in [3.05, 3.63) is 53.6 Å². The molecule has 0 aliphatic rings. The second-order valence-electron chi connectivity index (χ2n) is 4.38. The Labute approximate surface area is 119 Å². The Kier molecular flexibility index (Phi) is 3.19. The smallest absolute Gasteiger partial charge is 0.402 e. The highest BCUT2D eigenvalue weighted by molar-refractivity contribution is 7.46. The fraction of sp³-hybridized carbons (Fsp3) is 0. The van der Waals surface area contributed by atoms with Crippen LogP contribution in [0.2, 0.25) is 5.02 Å². The van der Waals surface area contributed by atoms with Gasteiger partial charge in [-0.3, -0.25) is 9.79 Å². The van der Waals surface area contributed by atoms with Crippen LogP contribution in [0, 0.1) is 0 Å². The normalized spacial score (nSPS) is 11.9. The van der Waals surface area contributed by atoms with E-state index in [9.17, 15) is 4.57 Å². The zero-order chi connectivity index (χ0) is 14.3. The molecule has 0 heterocycles. The molecule has 0 radical (unpaired) electrons. The zero-order valence-corrected chi connectivity index (χ0v) is 11.8. The minimum absolute atomic E-state index is 0.00301. The first-order valence-electron chi connectivity index (χ1n) is 5.80. The van der Waals surface area contributed by atoms with Gasteiger partial charge in [-0.2, -0.15) is 0 Å². The lowest BCUT2D eigenvalue weighted by atomic mass is 10.0. The third kappa shape index (κ3) is 2.51. The summed E-state index contributed by atoms with van der Waals surface area (Å²) in [5.74, 6) is 0.00301. The van der Waals surface area contributed by atoms with E-state index in [1.807, 2.05) is 36.4 Å². The molecule has 0 amide bonds. The van der Waals surface area contributed by atoms with E-state index in [1.165, 1.54) is 0 Å². The van der Waals surface area contributed by atoms with Crippen LogP contribution in [0.5, 0.6) is 5.75 Å². The number of hydrogen-bond acceptors (Lipinski definition) is 2. The molecule has 4 nitrogen and oxygen atoms in total. The lowest BCUT2D eigenvalue weighted by molar-refractivity contribution is 0.284. The van der Waals surface area contributed by atoms with Crippen LogP contribution in [-0.2, 0) is 4.57 Å². The average Bonchev–Trinajstić information content (AvgIpc) is 2.39. The lowest BCUT2D eigenvalue weighted by Gasteiger charge is -2.12. The van der Waals surface area contributed by atoms with E-state index in [0.717, 1.165) is 16.2 Å². The summed E-state index contributed by atoms with van der Waals surface area (Å²) >= 11 is 5.99. The predicted octanol–water partition coefficient (Wildman–Crippen LogP) is 4.12. The Hall–Kier alpha value is -1.58. The quantitative estimate of drug-likeness (QED) is 0.552. The van der Waals surface area contributed by atoms with E-state index < -0.39 is 7.82 Å². The van der Waals surface area contributed by atoms with Gasteiger partial charge in [-0.15, -0.1) is 0 Å². The molecular weight excluding hydrogens is 299 g/mol. The fourth-order valence-electron chi connectivity index (χ4n) is 2.17. The van der Waals surface area contributed by atoms with E-state index in [2.05, 4.69) is 0 Å². The minimum Gasteiger partial charge on any atom is -0.402 e. The van der Waals surface area contributed by atoms with E-state index in [4.69, 9.17) is 25.9 Å². The molecular formula is C14H10ClO4P. The topological polar surface area (TPSA) is 66.8 Å². The first-order valence-corrected chi connectivity index (χ1v) is 7.71. The van der Waals surface area contributed by atoms with Crippen LogP contribution in [0.1, 0.15) is 0 Å². The van der Waals surface area contributed by atoms with Crippen LogP contribution in [0.4, 0.5) is 0 Å². The molecule has 3 aromatic carbocycles. The molecule has 0 fully saturated rings. The van der Waals surface area contributed by atoms with Gasteiger partial charge in [-0.25, -0.2) is 4.57 Å². The molecule has 0 unspecified atom stereocenters. The molecule has 0 saturated heterocycles. The monoisotopic (exact) mass is 308 g/mol. The van der Waals surface area contributed by atoms with Gasteiger partial charge in [0.2, 0.25) is 0 Å². The molecule has 0 aliphatic carbocycles. The Balaban J connectivity index is 2.34. The van der Waals surface area contributed by atoms with Gasteiger partial charge in [0.05, 0.1) is 5.02 Å². The Morgan fingerprint density at radius 3 is 2.25 bits per heavy atom. The van der Waals surface area contributed by atoms with Gasteiger partial charge in [0.15, 0.2) is 5.75 Å². The second-order valence-corrected chi connectivity index (χ2v) is 5.95. The summed E-state index contributed by atoms with van der Waals surface area (Å²) in [5, 5.41) is 3.51. The number of rotatable bonds is 2. The highest BCUT2D eigenvalue weighted by atomic mass is 35.5. The largest absolute Gasteiger partial charge is 0.524 e. The van der Waals surface area contributed by atoms with Gasteiger partial charge in [-0.1, -0.05) is 41.9 Å². The van der Waals surface area contributed by atoms with Crippen molar-refractivity contribution in [1.82, 2.24) is 0 Å². The van der Waals surface area contributed by atoms with E-state index in [1.54, 1.807) is 12.1 Å². The molecule has 0 aliphatic heterocycles. The molecule has 20 heavy (non-hydrogen) atoms. The first kappa shape index (κ1) is 13.4. The second kappa shape index (κ2) is 4.76. The Bertz CT molecular complexity index is 856. The summed E-state index contributed by atoms with van der Waals surface area (Å²) < 4.78 is 15.8. The number of benzene rings is 3. The van der Waals surface area contributed by atoms with Gasteiger partial charge in [0.25, 0.3) is 0 Å². The van der Waals surface area contributed by atoms with Crippen LogP contribution in [0.25, 0.3) is 21.5 Å². The maximum Gasteiger partial charge on any atom is 0.524 e. The third-order valence-corrected chi connectivity index (χ3v) is 3.72. The highest BCUT2D eigenvalue weighted by Crippen LogP contribution is 2.45. The number of phosphoric acid groups is 1. The summed E-state index contributed by atoms with van der Waals surface area (Å²) in [6, 6.07) is 14.8. The van der Waals surface area contributed by atoms with Crippen LogP contribution in [-0.4, -0.2) is 9.79 Å². The summed E-state index contributed by atoms with van der Waals surface area (Å²) in [4.78, 5) is 18.0. The van der Waals surface area contributed by atoms with Crippen molar-refractivity contribution in [3.8, 4) is 5.75 Å². The van der Waals surface area contributed by atoms with E-state index >= 15 is 0 Å². The molecule has 3 aromatic rings. The number of phosphoric ester groups is 1. The van der Waals surface area contributed by atoms with Crippen molar-refractivity contribution >= 4 is 41.0 Å². The van der Waals surface area contributed by atoms with Crippen molar-refractivity contribution in [2.45, 2.75) is 0 Å². The number of fused-ring (bicyclic) bond motifs is 2. The molecule has 6 heteroatoms. The summed E-state index contributed by atoms with van der Waals surface area (Å²) in [6.45, 7) is 0. The first-order chi connectivity index (χ1) is 9.44. The van der Waals surface area contributed by atoms with E-state index in [0.29, 0.717) is 5.39 Å². The van der Waals surface area contributed by atoms with Gasteiger partial charge >= 0.3 is 7.82 Å². The number of halogens is 1. The standard InChI is InChI=1S/C14H10ClO4P/c15-13-6-5-11-7-9-3-1-2-4-10(9)8-12(11)14(13)19-20(16,17)18/h1-8H,(H2,16,17,18).